The number of hydrogen-bond acceptors (Lipinski definition) is 6. The van der Waals surface area contributed by atoms with Crippen LogP contribution in [-0.4, -0.2) is 26.9 Å². The Balaban J connectivity index is 2.44. The minimum Gasteiger partial charge on any atom is -0.383 e. The Labute approximate surface area is 173 Å². The quantitative estimate of drug-likeness (QED) is 0.472. The molecule has 10 nitrogen and oxygen atoms in total. The highest BCUT2D eigenvalue weighted by Crippen LogP contribution is 2.20. The molecule has 2 aromatic rings. The van der Waals surface area contributed by atoms with Gasteiger partial charge in [0.05, 0.1) is 11.3 Å². The number of nitrogens with one attached hydrogen (secondary N) is 1. The molecule has 0 bridgehead atoms. The van der Waals surface area contributed by atoms with Gasteiger partial charge in [-0.25, -0.2) is 4.79 Å². The fourth-order valence-corrected chi connectivity index (χ4v) is 3.07. The van der Waals surface area contributed by atoms with Gasteiger partial charge in [-0.2, -0.15) is 0 Å². The Kier molecular flexibility index (Phi) is 7.51. The number of non-ortho nitro benzene ring substituents is 1. The molecular formula is C20H27N5O5. The summed E-state index contributed by atoms with van der Waals surface area (Å²) in [5.74, 6) is -0.335. The fraction of sp³-hybridized carbons (Fsp3) is 0.450. The number of amides is 1. The first-order chi connectivity index (χ1) is 14.1. The highest BCUT2D eigenvalue weighted by atomic mass is 16.6. The van der Waals surface area contributed by atoms with E-state index >= 15 is 0 Å². The van der Waals surface area contributed by atoms with E-state index in [0.717, 1.165) is 6.42 Å². The Morgan fingerprint density at radius 2 is 1.90 bits per heavy atom. The van der Waals surface area contributed by atoms with E-state index in [1.165, 1.54) is 33.7 Å². The predicted octanol–water partition coefficient (Wildman–Crippen LogP) is 2.06. The van der Waals surface area contributed by atoms with E-state index < -0.39 is 16.2 Å². The van der Waals surface area contributed by atoms with Gasteiger partial charge < -0.3 is 10.6 Å². The number of nitrogens with zero attached hydrogens (tertiary/aromatic N) is 3. The fourth-order valence-electron chi connectivity index (χ4n) is 3.07. The molecule has 1 heterocycles. The number of hydrogen-bond donors (Lipinski definition) is 2. The van der Waals surface area contributed by atoms with Crippen LogP contribution < -0.4 is 21.9 Å². The maximum atomic E-state index is 13.1. The van der Waals surface area contributed by atoms with Crippen molar-refractivity contribution in [2.75, 3.05) is 17.2 Å². The third-order valence-electron chi connectivity index (χ3n) is 4.57. The monoisotopic (exact) mass is 417 g/mol. The van der Waals surface area contributed by atoms with Gasteiger partial charge in [0.1, 0.15) is 5.82 Å². The van der Waals surface area contributed by atoms with Crippen LogP contribution in [0.3, 0.4) is 0 Å². The van der Waals surface area contributed by atoms with E-state index in [-0.39, 0.29) is 42.0 Å². The Morgan fingerprint density at radius 1 is 1.27 bits per heavy atom. The van der Waals surface area contributed by atoms with Gasteiger partial charge in [-0.1, -0.05) is 39.3 Å². The molecule has 1 aromatic carbocycles. The molecule has 3 N–H and O–H groups in total. The minimum atomic E-state index is -0.717. The number of anilines is 2. The summed E-state index contributed by atoms with van der Waals surface area (Å²) in [6.45, 7) is 6.32. The number of nitro groups is 1. The summed E-state index contributed by atoms with van der Waals surface area (Å²) >= 11 is 0. The third kappa shape index (κ3) is 5.34. The van der Waals surface area contributed by atoms with Crippen LogP contribution in [0.1, 0.15) is 39.2 Å². The van der Waals surface area contributed by atoms with Crippen molar-refractivity contribution in [3.63, 3.8) is 0 Å². The largest absolute Gasteiger partial charge is 0.383 e. The second kappa shape index (κ2) is 9.86. The second-order valence-electron chi connectivity index (χ2n) is 7.50. The van der Waals surface area contributed by atoms with Crippen LogP contribution in [0.5, 0.6) is 0 Å². The molecule has 10 heteroatoms. The molecule has 1 amide bonds. The number of benzene rings is 1. The van der Waals surface area contributed by atoms with Crippen molar-refractivity contribution < 1.29 is 9.72 Å². The van der Waals surface area contributed by atoms with Gasteiger partial charge >= 0.3 is 5.69 Å². The van der Waals surface area contributed by atoms with Crippen molar-refractivity contribution in [1.29, 1.82) is 0 Å². The number of aromatic nitrogens is 2. The molecular weight excluding hydrogens is 390 g/mol. The van der Waals surface area contributed by atoms with Crippen LogP contribution in [0.4, 0.5) is 17.2 Å². The van der Waals surface area contributed by atoms with Crippen LogP contribution in [0.2, 0.25) is 0 Å². The van der Waals surface area contributed by atoms with Crippen LogP contribution in [0.25, 0.3) is 0 Å². The van der Waals surface area contributed by atoms with Crippen molar-refractivity contribution in [3.05, 3.63) is 60.8 Å². The first-order valence-electron chi connectivity index (χ1n) is 9.82. The molecule has 1 aromatic heterocycles. The number of H-pyrrole nitrogens is 1. The molecule has 0 radical (unpaired) electrons. The van der Waals surface area contributed by atoms with Crippen molar-refractivity contribution in [3.8, 4) is 0 Å². The minimum absolute atomic E-state index is 0.0457. The van der Waals surface area contributed by atoms with E-state index in [0.29, 0.717) is 18.5 Å². The summed E-state index contributed by atoms with van der Waals surface area (Å²) in [6, 6.07) is 5.65. The predicted molar refractivity (Wildman–Crippen MR) is 115 cm³/mol. The van der Waals surface area contributed by atoms with E-state index in [9.17, 15) is 24.5 Å². The van der Waals surface area contributed by atoms with E-state index in [4.69, 9.17) is 5.73 Å². The molecule has 0 aliphatic carbocycles. The van der Waals surface area contributed by atoms with Gasteiger partial charge in [0.2, 0.25) is 5.91 Å². The van der Waals surface area contributed by atoms with Gasteiger partial charge in [-0.3, -0.25) is 29.3 Å². The van der Waals surface area contributed by atoms with Crippen molar-refractivity contribution >= 4 is 23.1 Å². The molecule has 0 aliphatic heterocycles. The number of unbranched alkanes of at least 4 members (excludes halogenated alkanes) is 1. The van der Waals surface area contributed by atoms with Crippen LogP contribution in [0.15, 0.2) is 33.9 Å². The normalized spacial score (nSPS) is 10.9. The highest BCUT2D eigenvalue weighted by molar-refractivity contribution is 5.96. The number of carbonyl (C=O) groups is 1. The summed E-state index contributed by atoms with van der Waals surface area (Å²) < 4.78 is 1.26. The molecule has 0 unspecified atom stereocenters. The third-order valence-corrected chi connectivity index (χ3v) is 4.57. The average Bonchev–Trinajstić information content (AvgIpc) is 2.67. The Bertz CT molecular complexity index is 1020. The molecule has 0 atom stereocenters. The lowest BCUT2D eigenvalue weighted by molar-refractivity contribution is -0.384. The lowest BCUT2D eigenvalue weighted by Gasteiger charge is -2.25. The molecule has 30 heavy (non-hydrogen) atoms. The maximum Gasteiger partial charge on any atom is 0.330 e. The second-order valence-corrected chi connectivity index (χ2v) is 7.50. The molecule has 0 saturated heterocycles. The highest BCUT2D eigenvalue weighted by Gasteiger charge is 2.24. The SMILES string of the molecule is CCCCN(C(=O)Cc1ccc([N+](=O)[O-])cc1)c1c(N)n(CC(C)C)c(=O)[nH]c1=O. The number of carbonyl (C=O) groups excluding carboxylic acids is 1. The summed E-state index contributed by atoms with van der Waals surface area (Å²) in [4.78, 5) is 51.7. The van der Waals surface area contributed by atoms with Crippen molar-refractivity contribution in [2.24, 2.45) is 5.92 Å². The Hall–Kier alpha value is -3.43. The number of nitrogens with two attached hydrogens (primary N) is 1. The van der Waals surface area contributed by atoms with E-state index in [1.807, 2.05) is 20.8 Å². The van der Waals surface area contributed by atoms with E-state index in [2.05, 4.69) is 4.98 Å². The first kappa shape index (κ1) is 22.9. The first-order valence-corrected chi connectivity index (χ1v) is 9.82. The van der Waals surface area contributed by atoms with Gasteiger partial charge in [0.15, 0.2) is 5.69 Å². The summed E-state index contributed by atoms with van der Waals surface area (Å²) in [5.41, 5.74) is 5.28. The number of aromatic amines is 1. The zero-order chi connectivity index (χ0) is 22.4. The van der Waals surface area contributed by atoms with Crippen LogP contribution >= 0.6 is 0 Å². The number of nitrogen functional groups attached to an aromatic ring is 1. The molecule has 0 saturated carbocycles. The molecule has 162 valence electrons. The smallest absolute Gasteiger partial charge is 0.330 e. The van der Waals surface area contributed by atoms with Gasteiger partial charge in [-0.15, -0.1) is 0 Å². The van der Waals surface area contributed by atoms with Crippen LogP contribution in [-0.2, 0) is 17.8 Å². The summed E-state index contributed by atoms with van der Waals surface area (Å²) in [6.07, 6.45) is 1.35. The number of rotatable bonds is 9. The van der Waals surface area contributed by atoms with E-state index in [1.54, 1.807) is 0 Å². The lowest BCUT2D eigenvalue weighted by atomic mass is 10.1. The Morgan fingerprint density at radius 3 is 2.43 bits per heavy atom. The summed E-state index contributed by atoms with van der Waals surface area (Å²) in [7, 11) is 0. The van der Waals surface area contributed by atoms with Gasteiger partial charge in [0, 0.05) is 25.2 Å². The van der Waals surface area contributed by atoms with Gasteiger partial charge in [0.25, 0.3) is 11.2 Å². The van der Waals surface area contributed by atoms with Crippen LogP contribution in [0, 0.1) is 16.0 Å². The standard InChI is InChI=1S/C20H27N5O5/c1-4-5-10-23(16(26)11-14-6-8-15(9-7-14)25(29)30)17-18(21)24(12-13(2)3)20(28)22-19(17)27/h6-9,13H,4-5,10-12,21H2,1-3H3,(H,22,27,28). The zero-order valence-electron chi connectivity index (χ0n) is 17.4. The number of nitro benzene ring substituents is 1. The molecule has 0 aliphatic rings. The van der Waals surface area contributed by atoms with Gasteiger partial charge in [-0.05, 0) is 17.9 Å². The summed E-state index contributed by atoms with van der Waals surface area (Å²) in [5, 5.41) is 10.8. The molecule has 2 rings (SSSR count). The zero-order valence-corrected chi connectivity index (χ0v) is 17.4. The maximum absolute atomic E-state index is 13.1. The molecule has 0 spiro atoms. The van der Waals surface area contributed by atoms with Crippen molar-refractivity contribution in [2.45, 2.75) is 46.6 Å². The van der Waals surface area contributed by atoms with Crippen molar-refractivity contribution in [1.82, 2.24) is 9.55 Å². The lowest BCUT2D eigenvalue weighted by Crippen LogP contribution is -2.42. The topological polar surface area (TPSA) is 144 Å². The average molecular weight is 417 g/mol. The molecule has 0 fully saturated rings.